The van der Waals surface area contributed by atoms with Crippen LogP contribution in [0.15, 0.2) is 29.8 Å². The predicted octanol–water partition coefficient (Wildman–Crippen LogP) is 4.77. The van der Waals surface area contributed by atoms with Gasteiger partial charge >= 0.3 is 5.97 Å². The predicted molar refractivity (Wildman–Crippen MR) is 119 cm³/mol. The number of para-hydroxylation sites is 1. The number of ketones is 1. The van der Waals surface area contributed by atoms with Gasteiger partial charge in [0.1, 0.15) is 22.4 Å². The standard InChI is InChI=1S/C23H24N2O5S/c1-5-11-30-18-10-8-7-9-16(18)12-17(13-24)21(27)25-22-19(23(28)29-6-2)14(3)20(31-22)15(4)26/h7-10,12H,5-6,11H2,1-4H3,(H,25,27)/b17-12+. The van der Waals surface area contributed by atoms with E-state index in [0.29, 0.717) is 28.4 Å². The number of nitriles is 1. The molecule has 0 fully saturated rings. The van der Waals surface area contributed by atoms with E-state index in [4.69, 9.17) is 9.47 Å². The van der Waals surface area contributed by atoms with E-state index in [1.165, 1.54) is 13.0 Å². The lowest BCUT2D eigenvalue weighted by Gasteiger charge is -2.09. The van der Waals surface area contributed by atoms with Gasteiger partial charge in [0.05, 0.1) is 23.7 Å². The molecule has 0 atom stereocenters. The summed E-state index contributed by atoms with van der Waals surface area (Å²) in [7, 11) is 0. The molecule has 1 aromatic heterocycles. The first-order valence-corrected chi connectivity index (χ1v) is 10.6. The Morgan fingerprint density at radius 2 is 1.94 bits per heavy atom. The first kappa shape index (κ1) is 23.8. The number of rotatable bonds is 9. The molecule has 1 amide bonds. The van der Waals surface area contributed by atoms with Crippen LogP contribution in [-0.2, 0) is 9.53 Å². The lowest BCUT2D eigenvalue weighted by atomic mass is 10.1. The maximum atomic E-state index is 12.8. The third-order valence-electron chi connectivity index (χ3n) is 4.22. The number of anilines is 1. The van der Waals surface area contributed by atoms with Gasteiger partial charge < -0.3 is 14.8 Å². The average molecular weight is 441 g/mol. The Labute approximate surface area is 185 Å². The summed E-state index contributed by atoms with van der Waals surface area (Å²) in [6.45, 7) is 7.30. The van der Waals surface area contributed by atoms with Crippen molar-refractivity contribution in [3.8, 4) is 11.8 Å². The summed E-state index contributed by atoms with van der Waals surface area (Å²) in [6.07, 6.45) is 2.24. The number of amides is 1. The highest BCUT2D eigenvalue weighted by atomic mass is 32.1. The zero-order valence-corrected chi connectivity index (χ0v) is 18.7. The molecular formula is C23H24N2O5S. The van der Waals surface area contributed by atoms with E-state index in [1.807, 2.05) is 13.0 Å². The van der Waals surface area contributed by atoms with Crippen molar-refractivity contribution in [2.75, 3.05) is 18.5 Å². The third-order valence-corrected chi connectivity index (χ3v) is 5.53. The summed E-state index contributed by atoms with van der Waals surface area (Å²) in [5.74, 6) is -1.01. The van der Waals surface area contributed by atoms with Crippen LogP contribution in [0.25, 0.3) is 6.08 Å². The van der Waals surface area contributed by atoms with Gasteiger partial charge in [-0.25, -0.2) is 4.79 Å². The molecule has 0 aliphatic rings. The Bertz CT molecular complexity index is 1060. The van der Waals surface area contributed by atoms with Crippen LogP contribution < -0.4 is 10.1 Å². The molecule has 2 rings (SSSR count). The summed E-state index contributed by atoms with van der Waals surface area (Å²) in [5, 5.41) is 12.3. The number of nitrogens with zero attached hydrogens (tertiary/aromatic N) is 1. The number of Topliss-reactive ketones (excluding diaryl/α,β-unsaturated/α-hetero) is 1. The molecule has 7 nitrogen and oxygen atoms in total. The van der Waals surface area contributed by atoms with E-state index < -0.39 is 11.9 Å². The molecule has 0 saturated heterocycles. The molecule has 0 aliphatic heterocycles. The molecule has 1 aromatic carbocycles. The number of benzene rings is 1. The minimum atomic E-state index is -0.699. The molecule has 8 heteroatoms. The summed E-state index contributed by atoms with van der Waals surface area (Å²) < 4.78 is 10.7. The fourth-order valence-corrected chi connectivity index (χ4v) is 3.89. The van der Waals surface area contributed by atoms with Crippen molar-refractivity contribution in [1.82, 2.24) is 0 Å². The molecule has 1 heterocycles. The summed E-state index contributed by atoms with van der Waals surface area (Å²) in [6, 6.07) is 8.96. The Kier molecular flexibility index (Phi) is 8.53. The maximum Gasteiger partial charge on any atom is 0.341 e. The van der Waals surface area contributed by atoms with Gasteiger partial charge in [0.15, 0.2) is 5.78 Å². The van der Waals surface area contributed by atoms with Crippen LogP contribution in [0.1, 0.15) is 58.3 Å². The molecule has 0 radical (unpaired) electrons. The fraction of sp³-hybridized carbons (Fsp3) is 0.304. The van der Waals surface area contributed by atoms with Gasteiger partial charge in [-0.15, -0.1) is 11.3 Å². The molecule has 0 bridgehead atoms. The molecule has 0 spiro atoms. The van der Waals surface area contributed by atoms with Crippen molar-refractivity contribution in [2.24, 2.45) is 0 Å². The SMILES string of the molecule is CCCOc1ccccc1/C=C(\C#N)C(=O)Nc1sc(C(C)=O)c(C)c1C(=O)OCC. The highest BCUT2D eigenvalue weighted by Gasteiger charge is 2.26. The number of ether oxygens (including phenoxy) is 2. The van der Waals surface area contributed by atoms with Gasteiger partial charge in [0.2, 0.25) is 0 Å². The van der Waals surface area contributed by atoms with Gasteiger partial charge in [0.25, 0.3) is 5.91 Å². The van der Waals surface area contributed by atoms with Crippen molar-refractivity contribution in [3.05, 3.63) is 51.4 Å². The molecule has 0 unspecified atom stereocenters. The van der Waals surface area contributed by atoms with Crippen molar-refractivity contribution in [1.29, 1.82) is 5.26 Å². The lowest BCUT2D eigenvalue weighted by molar-refractivity contribution is -0.112. The topological polar surface area (TPSA) is 105 Å². The van der Waals surface area contributed by atoms with Gasteiger partial charge in [-0.1, -0.05) is 25.1 Å². The Hall–Kier alpha value is -3.44. The van der Waals surface area contributed by atoms with Crippen LogP contribution in [0, 0.1) is 18.3 Å². The Morgan fingerprint density at radius 1 is 1.23 bits per heavy atom. The van der Waals surface area contributed by atoms with Crippen LogP contribution >= 0.6 is 11.3 Å². The molecule has 1 N–H and O–H groups in total. The summed E-state index contributed by atoms with van der Waals surface area (Å²) >= 11 is 0.982. The van der Waals surface area contributed by atoms with Crippen molar-refractivity contribution in [3.63, 3.8) is 0 Å². The number of hydrogen-bond acceptors (Lipinski definition) is 7. The number of hydrogen-bond donors (Lipinski definition) is 1. The monoisotopic (exact) mass is 440 g/mol. The van der Waals surface area contributed by atoms with E-state index in [9.17, 15) is 19.6 Å². The quantitative estimate of drug-likeness (QED) is 0.261. The highest BCUT2D eigenvalue weighted by Crippen LogP contribution is 2.34. The minimum Gasteiger partial charge on any atom is -0.493 e. The second-order valence-electron chi connectivity index (χ2n) is 6.55. The number of carbonyl (C=O) groups excluding carboxylic acids is 3. The largest absolute Gasteiger partial charge is 0.493 e. The van der Waals surface area contributed by atoms with Gasteiger partial charge in [-0.2, -0.15) is 5.26 Å². The van der Waals surface area contributed by atoms with Crippen LogP contribution in [0.5, 0.6) is 5.75 Å². The first-order valence-electron chi connectivity index (χ1n) is 9.80. The molecule has 0 saturated carbocycles. The van der Waals surface area contributed by atoms with Gasteiger partial charge in [-0.3, -0.25) is 9.59 Å². The maximum absolute atomic E-state index is 12.8. The number of thiophene rings is 1. The Balaban J connectivity index is 2.41. The molecule has 0 aliphatic carbocycles. The van der Waals surface area contributed by atoms with E-state index in [0.717, 1.165) is 17.8 Å². The zero-order chi connectivity index (χ0) is 23.0. The van der Waals surface area contributed by atoms with Gasteiger partial charge in [0, 0.05) is 5.56 Å². The van der Waals surface area contributed by atoms with Crippen LogP contribution in [0.4, 0.5) is 5.00 Å². The third kappa shape index (κ3) is 5.80. The first-order chi connectivity index (χ1) is 14.8. The van der Waals surface area contributed by atoms with Crippen LogP contribution in [-0.4, -0.2) is 30.9 Å². The zero-order valence-electron chi connectivity index (χ0n) is 17.9. The second kappa shape index (κ2) is 11.1. The van der Waals surface area contributed by atoms with E-state index in [-0.39, 0.29) is 28.5 Å². The van der Waals surface area contributed by atoms with E-state index in [1.54, 1.807) is 38.1 Å². The molecular weight excluding hydrogens is 416 g/mol. The smallest absolute Gasteiger partial charge is 0.341 e. The molecule has 2 aromatic rings. The summed E-state index contributed by atoms with van der Waals surface area (Å²) in [5.41, 5.74) is 0.972. The van der Waals surface area contributed by atoms with E-state index in [2.05, 4.69) is 5.32 Å². The lowest BCUT2D eigenvalue weighted by Crippen LogP contribution is -2.16. The van der Waals surface area contributed by atoms with Gasteiger partial charge in [-0.05, 0) is 44.9 Å². The average Bonchev–Trinajstić information content (AvgIpc) is 3.07. The number of nitrogens with one attached hydrogen (secondary N) is 1. The van der Waals surface area contributed by atoms with Crippen molar-refractivity contribution in [2.45, 2.75) is 34.1 Å². The summed E-state index contributed by atoms with van der Waals surface area (Å²) in [4.78, 5) is 37.5. The van der Waals surface area contributed by atoms with Crippen LogP contribution in [0.2, 0.25) is 0 Å². The molecule has 31 heavy (non-hydrogen) atoms. The normalized spacial score (nSPS) is 10.9. The Morgan fingerprint density at radius 3 is 2.55 bits per heavy atom. The second-order valence-corrected chi connectivity index (χ2v) is 7.57. The fourth-order valence-electron chi connectivity index (χ4n) is 2.80. The van der Waals surface area contributed by atoms with Crippen LogP contribution in [0.3, 0.4) is 0 Å². The number of carbonyl (C=O) groups is 3. The minimum absolute atomic E-state index is 0.120. The highest BCUT2D eigenvalue weighted by molar-refractivity contribution is 7.18. The van der Waals surface area contributed by atoms with E-state index >= 15 is 0 Å². The molecule has 162 valence electrons. The van der Waals surface area contributed by atoms with Crippen molar-refractivity contribution >= 4 is 40.1 Å². The van der Waals surface area contributed by atoms with Crippen molar-refractivity contribution < 1.29 is 23.9 Å². The number of esters is 1.